The summed E-state index contributed by atoms with van der Waals surface area (Å²) in [5.74, 6) is -0.220. The van der Waals surface area contributed by atoms with Crippen molar-refractivity contribution < 1.29 is 9.18 Å². The Morgan fingerprint density at radius 3 is 2.68 bits per heavy atom. The number of thiophene rings is 1. The Balaban J connectivity index is 1.57. The van der Waals surface area contributed by atoms with Gasteiger partial charge in [0.2, 0.25) is 0 Å². The van der Waals surface area contributed by atoms with Crippen molar-refractivity contribution in [3.8, 4) is 0 Å². The Labute approximate surface area is 203 Å². The van der Waals surface area contributed by atoms with Gasteiger partial charge >= 0.3 is 0 Å². The molecular formula is C26H20FN3O2S2. The number of carbonyl (C=O) groups is 1. The topological polar surface area (TPSA) is 64.8 Å². The second-order valence-corrected chi connectivity index (χ2v) is 10.0. The number of aryl methyl sites for hydroxylation is 2. The molecule has 0 aliphatic carbocycles. The predicted octanol–water partition coefficient (Wildman–Crippen LogP) is 5.79. The number of halogens is 1. The van der Waals surface area contributed by atoms with Crippen molar-refractivity contribution in [2.24, 2.45) is 0 Å². The van der Waals surface area contributed by atoms with Crippen LogP contribution in [0.25, 0.3) is 20.4 Å². The van der Waals surface area contributed by atoms with E-state index in [1.54, 1.807) is 22.9 Å². The molecule has 0 fully saturated rings. The normalized spacial score (nSPS) is 11.4. The standard InChI is InChI=1S/C26H20FN3O2S2/c1-15-5-10-19(16(2)12-15)21(31)14-33-26-29-22-20-4-3-11-28-24(20)34-23(22)25(32)30(26)13-17-6-8-18(27)9-7-17/h3-12H,13-14H2,1-2H3. The summed E-state index contributed by atoms with van der Waals surface area (Å²) in [5, 5.41) is 1.26. The van der Waals surface area contributed by atoms with E-state index in [0.29, 0.717) is 20.9 Å². The maximum Gasteiger partial charge on any atom is 0.272 e. The molecule has 0 aliphatic heterocycles. The molecule has 34 heavy (non-hydrogen) atoms. The average molecular weight is 490 g/mol. The number of nitrogens with zero attached hydrogens (tertiary/aromatic N) is 3. The maximum absolute atomic E-state index is 13.5. The Kier molecular flexibility index (Phi) is 6.02. The third-order valence-electron chi connectivity index (χ3n) is 5.59. The molecule has 0 spiro atoms. The molecule has 2 aromatic carbocycles. The van der Waals surface area contributed by atoms with E-state index < -0.39 is 0 Å². The summed E-state index contributed by atoms with van der Waals surface area (Å²) in [6.45, 7) is 4.14. The lowest BCUT2D eigenvalue weighted by Crippen LogP contribution is -2.23. The molecule has 0 bridgehead atoms. The van der Waals surface area contributed by atoms with Crippen LogP contribution in [0.15, 0.2) is 70.7 Å². The van der Waals surface area contributed by atoms with Crippen molar-refractivity contribution in [1.29, 1.82) is 0 Å². The highest BCUT2D eigenvalue weighted by molar-refractivity contribution is 7.99. The summed E-state index contributed by atoms with van der Waals surface area (Å²) >= 11 is 2.54. The molecule has 5 nitrogen and oxygen atoms in total. The lowest BCUT2D eigenvalue weighted by atomic mass is 10.0. The van der Waals surface area contributed by atoms with E-state index in [2.05, 4.69) is 4.98 Å². The van der Waals surface area contributed by atoms with Gasteiger partial charge < -0.3 is 0 Å². The first-order chi connectivity index (χ1) is 16.4. The van der Waals surface area contributed by atoms with Gasteiger partial charge in [-0.25, -0.2) is 14.4 Å². The molecule has 8 heteroatoms. The smallest absolute Gasteiger partial charge is 0.272 e. The van der Waals surface area contributed by atoms with Gasteiger partial charge in [-0.1, -0.05) is 47.7 Å². The number of benzene rings is 2. The first-order valence-electron chi connectivity index (χ1n) is 10.7. The van der Waals surface area contributed by atoms with E-state index in [1.807, 2.05) is 44.2 Å². The molecule has 5 aromatic rings. The van der Waals surface area contributed by atoms with Crippen LogP contribution in [0.4, 0.5) is 4.39 Å². The zero-order valence-corrected chi connectivity index (χ0v) is 20.2. The molecule has 3 heterocycles. The van der Waals surface area contributed by atoms with Crippen LogP contribution >= 0.6 is 23.1 Å². The number of aromatic nitrogens is 3. The number of hydrogen-bond donors (Lipinski definition) is 0. The quantitative estimate of drug-likeness (QED) is 0.172. The number of Topliss-reactive ketones (excluding diaryl/α,β-unsaturated/α-hetero) is 1. The molecule has 0 saturated carbocycles. The van der Waals surface area contributed by atoms with E-state index in [4.69, 9.17) is 4.98 Å². The SMILES string of the molecule is Cc1ccc(C(=O)CSc2nc3c(sc4ncccc43)c(=O)n2Cc2ccc(F)cc2)c(C)c1. The number of fused-ring (bicyclic) bond motifs is 3. The summed E-state index contributed by atoms with van der Waals surface area (Å²) in [6.07, 6.45) is 1.69. The van der Waals surface area contributed by atoms with Crippen LogP contribution in [0, 0.1) is 19.7 Å². The van der Waals surface area contributed by atoms with Crippen LogP contribution in [-0.2, 0) is 6.54 Å². The Morgan fingerprint density at radius 2 is 1.91 bits per heavy atom. The number of ketones is 1. The van der Waals surface area contributed by atoms with Gasteiger partial charge in [-0.05, 0) is 49.2 Å². The number of pyridine rings is 1. The van der Waals surface area contributed by atoms with Crippen LogP contribution in [0.5, 0.6) is 0 Å². The number of carbonyl (C=O) groups excluding carboxylic acids is 1. The Bertz CT molecular complexity index is 1610. The van der Waals surface area contributed by atoms with Gasteiger partial charge in [0, 0.05) is 17.1 Å². The fourth-order valence-corrected chi connectivity index (χ4v) is 5.80. The zero-order valence-electron chi connectivity index (χ0n) is 18.5. The summed E-state index contributed by atoms with van der Waals surface area (Å²) in [4.78, 5) is 36.4. The van der Waals surface area contributed by atoms with Crippen LogP contribution in [0.2, 0.25) is 0 Å². The maximum atomic E-state index is 13.5. The van der Waals surface area contributed by atoms with Crippen molar-refractivity contribution in [1.82, 2.24) is 14.5 Å². The number of thioether (sulfide) groups is 1. The molecule has 0 radical (unpaired) electrons. The van der Waals surface area contributed by atoms with Crippen LogP contribution < -0.4 is 5.56 Å². The second kappa shape index (κ2) is 9.12. The average Bonchev–Trinajstić information content (AvgIpc) is 3.20. The van der Waals surface area contributed by atoms with Crippen LogP contribution in [-0.4, -0.2) is 26.1 Å². The summed E-state index contributed by atoms with van der Waals surface area (Å²) in [7, 11) is 0. The minimum absolute atomic E-state index is 0.0259. The highest BCUT2D eigenvalue weighted by Crippen LogP contribution is 2.31. The van der Waals surface area contributed by atoms with E-state index in [0.717, 1.165) is 26.9 Å². The van der Waals surface area contributed by atoms with E-state index >= 15 is 0 Å². The van der Waals surface area contributed by atoms with Crippen molar-refractivity contribution >= 4 is 49.3 Å². The van der Waals surface area contributed by atoms with Crippen LogP contribution in [0.1, 0.15) is 27.0 Å². The van der Waals surface area contributed by atoms with Crippen molar-refractivity contribution in [2.75, 3.05) is 5.75 Å². The highest BCUT2D eigenvalue weighted by Gasteiger charge is 2.19. The Morgan fingerprint density at radius 1 is 1.12 bits per heavy atom. The van der Waals surface area contributed by atoms with Gasteiger partial charge in [0.25, 0.3) is 5.56 Å². The van der Waals surface area contributed by atoms with Gasteiger partial charge in [0.15, 0.2) is 10.9 Å². The molecular weight excluding hydrogens is 469 g/mol. The molecule has 0 aliphatic rings. The van der Waals surface area contributed by atoms with E-state index in [1.165, 1.54) is 35.2 Å². The second-order valence-electron chi connectivity index (χ2n) is 8.08. The van der Waals surface area contributed by atoms with Crippen molar-refractivity contribution in [3.05, 3.63) is 99.2 Å². The summed E-state index contributed by atoms with van der Waals surface area (Å²) in [5.41, 5.74) is 3.85. The largest absolute Gasteiger partial charge is 0.293 e. The van der Waals surface area contributed by atoms with Crippen LogP contribution in [0.3, 0.4) is 0 Å². The molecule has 0 saturated heterocycles. The first kappa shape index (κ1) is 22.4. The lowest BCUT2D eigenvalue weighted by Gasteiger charge is -2.12. The van der Waals surface area contributed by atoms with Gasteiger partial charge in [-0.2, -0.15) is 0 Å². The predicted molar refractivity (Wildman–Crippen MR) is 136 cm³/mol. The summed E-state index contributed by atoms with van der Waals surface area (Å²) in [6, 6.07) is 15.5. The third kappa shape index (κ3) is 4.26. The van der Waals surface area contributed by atoms with E-state index in [-0.39, 0.29) is 29.5 Å². The minimum Gasteiger partial charge on any atom is -0.293 e. The zero-order chi connectivity index (χ0) is 23.8. The molecule has 0 amide bonds. The van der Waals surface area contributed by atoms with Gasteiger partial charge in [0.05, 0.1) is 17.8 Å². The molecule has 170 valence electrons. The van der Waals surface area contributed by atoms with Gasteiger partial charge in [0.1, 0.15) is 15.3 Å². The monoisotopic (exact) mass is 489 g/mol. The summed E-state index contributed by atoms with van der Waals surface area (Å²) < 4.78 is 15.5. The van der Waals surface area contributed by atoms with E-state index in [9.17, 15) is 14.0 Å². The highest BCUT2D eigenvalue weighted by atomic mass is 32.2. The molecule has 5 rings (SSSR count). The Hall–Kier alpha value is -3.36. The number of hydrogen-bond acceptors (Lipinski definition) is 6. The fourth-order valence-electron chi connectivity index (χ4n) is 3.90. The fraction of sp³-hybridized carbons (Fsp3) is 0.154. The van der Waals surface area contributed by atoms with Crippen molar-refractivity contribution in [3.63, 3.8) is 0 Å². The molecule has 0 atom stereocenters. The molecule has 0 N–H and O–H groups in total. The molecule has 3 aromatic heterocycles. The third-order valence-corrected chi connectivity index (χ3v) is 7.65. The number of rotatable bonds is 6. The molecule has 0 unspecified atom stereocenters. The van der Waals surface area contributed by atoms with Crippen molar-refractivity contribution in [2.45, 2.75) is 25.5 Å². The lowest BCUT2D eigenvalue weighted by molar-refractivity contribution is 0.102. The first-order valence-corrected chi connectivity index (χ1v) is 12.5. The van der Waals surface area contributed by atoms with Gasteiger partial charge in [-0.15, -0.1) is 11.3 Å². The minimum atomic E-state index is -0.339. The van der Waals surface area contributed by atoms with Gasteiger partial charge in [-0.3, -0.25) is 14.2 Å².